The maximum absolute atomic E-state index is 11.1. The van der Waals surface area contributed by atoms with Crippen LogP contribution in [0, 0.1) is 16.0 Å². The summed E-state index contributed by atoms with van der Waals surface area (Å²) in [6.45, 7) is 3.86. The second-order valence-electron chi connectivity index (χ2n) is 5.77. The molecular weight excluding hydrogens is 268 g/mol. The fourth-order valence-corrected chi connectivity index (χ4v) is 3.16. The highest BCUT2D eigenvalue weighted by Gasteiger charge is 2.25. The topological polar surface area (TPSA) is 85.3 Å². The molecule has 2 heterocycles. The van der Waals surface area contributed by atoms with E-state index in [1.165, 1.54) is 6.07 Å². The lowest BCUT2D eigenvalue weighted by Crippen LogP contribution is -2.46. The summed E-state index contributed by atoms with van der Waals surface area (Å²) in [6.07, 6.45) is 2.60. The normalized spacial score (nSPS) is 22.5. The second kappa shape index (κ2) is 5.29. The lowest BCUT2D eigenvalue weighted by Gasteiger charge is -2.36. The van der Waals surface area contributed by atoms with Crippen molar-refractivity contribution in [3.05, 3.63) is 40.6 Å². The monoisotopic (exact) mass is 286 g/mol. The van der Waals surface area contributed by atoms with Crippen LogP contribution in [0.1, 0.15) is 13.3 Å². The minimum atomic E-state index is -0.385. The first-order valence-electron chi connectivity index (χ1n) is 7.09. The first kappa shape index (κ1) is 13.8. The van der Waals surface area contributed by atoms with Gasteiger partial charge in [-0.2, -0.15) is 0 Å². The lowest BCUT2D eigenvalue weighted by molar-refractivity contribution is -0.383. The standard InChI is InChI=1S/C15H18N4O2/c1-10-7-11(16)9-18(8-10)13-4-5-14(19(20)21)15-12(13)3-2-6-17-15/h2-6,10-11H,7-9,16H2,1H3. The number of rotatable bonds is 2. The molecule has 2 atom stereocenters. The number of hydrogen-bond acceptors (Lipinski definition) is 5. The molecule has 21 heavy (non-hydrogen) atoms. The Labute approximate surface area is 122 Å². The number of non-ortho nitro benzene ring substituents is 1. The zero-order valence-electron chi connectivity index (χ0n) is 11.9. The van der Waals surface area contributed by atoms with E-state index in [0.29, 0.717) is 11.4 Å². The Morgan fingerprint density at radius 1 is 1.38 bits per heavy atom. The third-order valence-electron chi connectivity index (χ3n) is 3.95. The van der Waals surface area contributed by atoms with Gasteiger partial charge in [0, 0.05) is 42.5 Å². The molecule has 2 N–H and O–H groups in total. The van der Waals surface area contributed by atoms with E-state index in [1.54, 1.807) is 6.20 Å². The molecule has 0 saturated carbocycles. The number of benzene rings is 1. The van der Waals surface area contributed by atoms with Gasteiger partial charge >= 0.3 is 0 Å². The van der Waals surface area contributed by atoms with Gasteiger partial charge in [-0.3, -0.25) is 10.1 Å². The zero-order chi connectivity index (χ0) is 15.0. The second-order valence-corrected chi connectivity index (χ2v) is 5.77. The van der Waals surface area contributed by atoms with Gasteiger partial charge in [0.25, 0.3) is 5.69 Å². The molecular formula is C15H18N4O2. The number of anilines is 1. The van der Waals surface area contributed by atoms with Crippen LogP contribution in [0.2, 0.25) is 0 Å². The Morgan fingerprint density at radius 3 is 2.90 bits per heavy atom. The molecule has 110 valence electrons. The number of nitro groups is 1. The van der Waals surface area contributed by atoms with Crippen LogP contribution in [0.25, 0.3) is 10.9 Å². The molecule has 1 aromatic carbocycles. The van der Waals surface area contributed by atoms with Gasteiger partial charge in [0.15, 0.2) is 0 Å². The van der Waals surface area contributed by atoms with Crippen LogP contribution >= 0.6 is 0 Å². The maximum Gasteiger partial charge on any atom is 0.295 e. The van der Waals surface area contributed by atoms with E-state index in [-0.39, 0.29) is 16.7 Å². The van der Waals surface area contributed by atoms with Crippen molar-refractivity contribution in [1.29, 1.82) is 0 Å². The van der Waals surface area contributed by atoms with Gasteiger partial charge in [-0.05, 0) is 30.5 Å². The third kappa shape index (κ3) is 2.54. The van der Waals surface area contributed by atoms with Crippen molar-refractivity contribution in [3.8, 4) is 0 Å². The smallest absolute Gasteiger partial charge is 0.295 e. The molecule has 1 fully saturated rings. The largest absolute Gasteiger partial charge is 0.369 e. The van der Waals surface area contributed by atoms with Crippen molar-refractivity contribution < 1.29 is 4.92 Å². The van der Waals surface area contributed by atoms with Crippen LogP contribution in [-0.2, 0) is 0 Å². The van der Waals surface area contributed by atoms with E-state index >= 15 is 0 Å². The highest BCUT2D eigenvalue weighted by atomic mass is 16.6. The van der Waals surface area contributed by atoms with E-state index in [0.717, 1.165) is 30.6 Å². The van der Waals surface area contributed by atoms with Gasteiger partial charge in [0.05, 0.1) is 4.92 Å². The highest BCUT2D eigenvalue weighted by Crippen LogP contribution is 2.33. The fourth-order valence-electron chi connectivity index (χ4n) is 3.16. The average molecular weight is 286 g/mol. The van der Waals surface area contributed by atoms with Crippen LogP contribution in [0.5, 0.6) is 0 Å². The van der Waals surface area contributed by atoms with Gasteiger partial charge < -0.3 is 10.6 Å². The average Bonchev–Trinajstić information content (AvgIpc) is 2.44. The van der Waals surface area contributed by atoms with Crippen molar-refractivity contribution >= 4 is 22.3 Å². The zero-order valence-corrected chi connectivity index (χ0v) is 11.9. The van der Waals surface area contributed by atoms with Crippen LogP contribution in [0.3, 0.4) is 0 Å². The molecule has 1 aromatic heterocycles. The lowest BCUT2D eigenvalue weighted by atomic mass is 9.95. The fraction of sp³-hybridized carbons (Fsp3) is 0.400. The number of piperidine rings is 1. The molecule has 0 aliphatic carbocycles. The minimum absolute atomic E-state index is 0.0451. The molecule has 2 unspecified atom stereocenters. The molecule has 6 heteroatoms. The summed E-state index contributed by atoms with van der Waals surface area (Å²) in [5, 5.41) is 12.0. The van der Waals surface area contributed by atoms with Crippen molar-refractivity contribution in [3.63, 3.8) is 0 Å². The number of pyridine rings is 1. The van der Waals surface area contributed by atoms with Gasteiger partial charge in [-0.25, -0.2) is 4.98 Å². The van der Waals surface area contributed by atoms with Crippen molar-refractivity contribution in [2.45, 2.75) is 19.4 Å². The molecule has 0 spiro atoms. The molecule has 0 radical (unpaired) electrons. The molecule has 2 aromatic rings. The number of nitro benzene ring substituents is 1. The summed E-state index contributed by atoms with van der Waals surface area (Å²) in [6, 6.07) is 7.18. The summed E-state index contributed by atoms with van der Waals surface area (Å²) in [7, 11) is 0. The SMILES string of the molecule is CC1CC(N)CN(c2ccc([N+](=O)[O-])c3ncccc23)C1. The summed E-state index contributed by atoms with van der Waals surface area (Å²) >= 11 is 0. The Bertz CT molecular complexity index is 678. The predicted molar refractivity (Wildman–Crippen MR) is 82.4 cm³/mol. The number of aromatic nitrogens is 1. The Kier molecular flexibility index (Phi) is 3.47. The van der Waals surface area contributed by atoms with E-state index in [4.69, 9.17) is 5.73 Å². The summed E-state index contributed by atoms with van der Waals surface area (Å²) in [5.41, 5.74) is 7.57. The van der Waals surface area contributed by atoms with Crippen molar-refractivity contribution in [2.75, 3.05) is 18.0 Å². The predicted octanol–water partition coefficient (Wildman–Crippen LogP) is 2.32. The van der Waals surface area contributed by atoms with Gasteiger partial charge in [0.1, 0.15) is 5.52 Å². The quantitative estimate of drug-likeness (QED) is 0.676. The number of nitrogens with two attached hydrogens (primary N) is 1. The van der Waals surface area contributed by atoms with Crippen LogP contribution in [-0.4, -0.2) is 29.0 Å². The van der Waals surface area contributed by atoms with Crippen LogP contribution in [0.4, 0.5) is 11.4 Å². The minimum Gasteiger partial charge on any atom is -0.369 e. The highest BCUT2D eigenvalue weighted by molar-refractivity contribution is 5.97. The van der Waals surface area contributed by atoms with E-state index < -0.39 is 0 Å². The first-order valence-corrected chi connectivity index (χ1v) is 7.09. The van der Waals surface area contributed by atoms with Crippen LogP contribution in [0.15, 0.2) is 30.5 Å². The number of nitrogens with zero attached hydrogens (tertiary/aromatic N) is 3. The summed E-state index contributed by atoms with van der Waals surface area (Å²) in [4.78, 5) is 17.2. The Hall–Kier alpha value is -2.21. The van der Waals surface area contributed by atoms with E-state index in [1.807, 2.05) is 18.2 Å². The van der Waals surface area contributed by atoms with E-state index in [2.05, 4.69) is 16.8 Å². The first-order chi connectivity index (χ1) is 10.1. The van der Waals surface area contributed by atoms with E-state index in [9.17, 15) is 10.1 Å². The summed E-state index contributed by atoms with van der Waals surface area (Å²) in [5.74, 6) is 0.510. The number of hydrogen-bond donors (Lipinski definition) is 1. The van der Waals surface area contributed by atoms with Crippen molar-refractivity contribution in [2.24, 2.45) is 11.7 Å². The van der Waals surface area contributed by atoms with Crippen molar-refractivity contribution in [1.82, 2.24) is 4.98 Å². The number of fused-ring (bicyclic) bond motifs is 1. The maximum atomic E-state index is 11.1. The summed E-state index contributed by atoms with van der Waals surface area (Å²) < 4.78 is 0. The van der Waals surface area contributed by atoms with Crippen LogP contribution < -0.4 is 10.6 Å². The molecule has 0 bridgehead atoms. The molecule has 0 amide bonds. The molecule has 3 rings (SSSR count). The third-order valence-corrected chi connectivity index (χ3v) is 3.95. The Balaban J connectivity index is 2.11. The Morgan fingerprint density at radius 2 is 2.19 bits per heavy atom. The van der Waals surface area contributed by atoms with Gasteiger partial charge in [-0.15, -0.1) is 0 Å². The molecule has 1 aliphatic rings. The van der Waals surface area contributed by atoms with Gasteiger partial charge in [0.2, 0.25) is 0 Å². The molecule has 1 aliphatic heterocycles. The molecule has 1 saturated heterocycles. The molecule has 6 nitrogen and oxygen atoms in total. The van der Waals surface area contributed by atoms with Gasteiger partial charge in [-0.1, -0.05) is 6.92 Å².